The van der Waals surface area contributed by atoms with Crippen molar-refractivity contribution in [2.24, 2.45) is 5.73 Å². The molecule has 1 aliphatic carbocycles. The summed E-state index contributed by atoms with van der Waals surface area (Å²) in [5.74, 6) is -0.965. The number of nitrogens with one attached hydrogen (secondary N) is 1. The third kappa shape index (κ3) is 1.31. The van der Waals surface area contributed by atoms with Gasteiger partial charge in [-0.2, -0.15) is 5.10 Å². The Morgan fingerprint density at radius 2 is 2.46 bits per heavy atom. The van der Waals surface area contributed by atoms with Gasteiger partial charge in [-0.15, -0.1) is 0 Å². The number of hydrogen-bond acceptors (Lipinski definition) is 3. The summed E-state index contributed by atoms with van der Waals surface area (Å²) < 4.78 is 0. The van der Waals surface area contributed by atoms with Crippen LogP contribution in [0.15, 0.2) is 0 Å². The van der Waals surface area contributed by atoms with E-state index in [2.05, 4.69) is 10.2 Å². The molecule has 0 fully saturated rings. The fraction of sp³-hybridized carbons (Fsp3) is 0.500. The summed E-state index contributed by atoms with van der Waals surface area (Å²) in [4.78, 5) is 10.7. The molecular weight excluding hydrogens is 170 g/mol. The number of rotatable bonds is 1. The SMILES string of the molecule is NC1CCc2c(C(=O)O)n[nH]c2C1. The van der Waals surface area contributed by atoms with Crippen LogP contribution in [0.1, 0.15) is 28.2 Å². The van der Waals surface area contributed by atoms with Crippen molar-refractivity contribution in [1.29, 1.82) is 0 Å². The van der Waals surface area contributed by atoms with Crippen LogP contribution in [-0.4, -0.2) is 27.3 Å². The van der Waals surface area contributed by atoms with Gasteiger partial charge in [0.05, 0.1) is 0 Å². The molecule has 0 aliphatic heterocycles. The molecule has 0 amide bonds. The summed E-state index contributed by atoms with van der Waals surface area (Å²) in [7, 11) is 0. The molecule has 1 aromatic heterocycles. The molecule has 13 heavy (non-hydrogen) atoms. The first-order valence-corrected chi connectivity index (χ1v) is 4.23. The Morgan fingerprint density at radius 3 is 3.15 bits per heavy atom. The number of H-pyrrole nitrogens is 1. The highest BCUT2D eigenvalue weighted by Gasteiger charge is 2.24. The number of carboxylic acid groups (broad SMARTS) is 1. The Bertz CT molecular complexity index is 345. The average Bonchev–Trinajstić information content (AvgIpc) is 2.46. The minimum Gasteiger partial charge on any atom is -0.476 e. The zero-order chi connectivity index (χ0) is 9.42. The molecule has 0 saturated carbocycles. The van der Waals surface area contributed by atoms with E-state index < -0.39 is 5.97 Å². The molecule has 1 heterocycles. The van der Waals surface area contributed by atoms with E-state index in [0.29, 0.717) is 12.8 Å². The van der Waals surface area contributed by atoms with E-state index in [1.54, 1.807) is 0 Å². The van der Waals surface area contributed by atoms with E-state index in [4.69, 9.17) is 10.8 Å². The largest absolute Gasteiger partial charge is 0.476 e. The summed E-state index contributed by atoms with van der Waals surface area (Å²) in [5.41, 5.74) is 7.61. The topological polar surface area (TPSA) is 92.0 Å². The second kappa shape index (κ2) is 2.85. The average molecular weight is 181 g/mol. The lowest BCUT2D eigenvalue weighted by atomic mass is 9.92. The van der Waals surface area contributed by atoms with Crippen molar-refractivity contribution >= 4 is 5.97 Å². The Morgan fingerprint density at radius 1 is 1.69 bits per heavy atom. The molecule has 5 nitrogen and oxygen atoms in total. The summed E-state index contributed by atoms with van der Waals surface area (Å²) in [6, 6.07) is 0.134. The van der Waals surface area contributed by atoms with Gasteiger partial charge in [0, 0.05) is 23.7 Å². The molecule has 1 atom stereocenters. The van der Waals surface area contributed by atoms with E-state index >= 15 is 0 Å². The summed E-state index contributed by atoms with van der Waals surface area (Å²) in [6.45, 7) is 0. The van der Waals surface area contributed by atoms with Crippen molar-refractivity contribution in [3.8, 4) is 0 Å². The first-order chi connectivity index (χ1) is 6.18. The van der Waals surface area contributed by atoms with Gasteiger partial charge >= 0.3 is 5.97 Å². The number of carbonyl (C=O) groups is 1. The Hall–Kier alpha value is -1.36. The number of hydrogen-bond donors (Lipinski definition) is 3. The number of aromatic carboxylic acids is 1. The minimum atomic E-state index is -0.965. The molecule has 70 valence electrons. The molecule has 4 N–H and O–H groups in total. The summed E-state index contributed by atoms with van der Waals surface area (Å²) in [6.07, 6.45) is 2.26. The molecule has 1 aliphatic rings. The van der Waals surface area contributed by atoms with E-state index in [1.165, 1.54) is 0 Å². The lowest BCUT2D eigenvalue weighted by Gasteiger charge is -2.17. The van der Waals surface area contributed by atoms with Crippen LogP contribution in [0.2, 0.25) is 0 Å². The number of fused-ring (bicyclic) bond motifs is 1. The van der Waals surface area contributed by atoms with Gasteiger partial charge in [-0.25, -0.2) is 4.79 Å². The number of nitrogens with two attached hydrogens (primary N) is 1. The van der Waals surface area contributed by atoms with Crippen molar-refractivity contribution in [1.82, 2.24) is 10.2 Å². The van der Waals surface area contributed by atoms with Crippen LogP contribution in [0.4, 0.5) is 0 Å². The molecular formula is C8H11N3O2. The van der Waals surface area contributed by atoms with Gasteiger partial charge < -0.3 is 10.8 Å². The highest BCUT2D eigenvalue weighted by Crippen LogP contribution is 2.21. The maximum absolute atomic E-state index is 10.7. The molecule has 5 heteroatoms. The number of nitrogens with zero attached hydrogens (tertiary/aromatic N) is 1. The minimum absolute atomic E-state index is 0.134. The molecule has 2 rings (SSSR count). The van der Waals surface area contributed by atoms with Gasteiger partial charge in [0.15, 0.2) is 5.69 Å². The maximum atomic E-state index is 10.7. The molecule has 0 radical (unpaired) electrons. The van der Waals surface area contributed by atoms with Gasteiger partial charge in [0.2, 0.25) is 0 Å². The van der Waals surface area contributed by atoms with Gasteiger partial charge in [0.25, 0.3) is 0 Å². The Kier molecular flexibility index (Phi) is 1.81. The van der Waals surface area contributed by atoms with Crippen molar-refractivity contribution in [3.05, 3.63) is 17.0 Å². The highest BCUT2D eigenvalue weighted by atomic mass is 16.4. The van der Waals surface area contributed by atoms with Gasteiger partial charge in [-0.1, -0.05) is 0 Å². The van der Waals surface area contributed by atoms with Gasteiger partial charge in [-0.05, 0) is 12.8 Å². The van der Waals surface area contributed by atoms with Crippen LogP contribution in [-0.2, 0) is 12.8 Å². The molecule has 0 aromatic carbocycles. The van der Waals surface area contributed by atoms with E-state index in [1.807, 2.05) is 0 Å². The number of carboxylic acids is 1. The smallest absolute Gasteiger partial charge is 0.356 e. The van der Waals surface area contributed by atoms with Crippen LogP contribution < -0.4 is 5.73 Å². The second-order valence-corrected chi connectivity index (χ2v) is 3.34. The zero-order valence-electron chi connectivity index (χ0n) is 7.08. The fourth-order valence-corrected chi connectivity index (χ4v) is 1.71. The van der Waals surface area contributed by atoms with Gasteiger partial charge in [-0.3, -0.25) is 5.10 Å². The summed E-state index contributed by atoms with van der Waals surface area (Å²) >= 11 is 0. The van der Waals surface area contributed by atoms with Crippen molar-refractivity contribution in [2.75, 3.05) is 0 Å². The highest BCUT2D eigenvalue weighted by molar-refractivity contribution is 5.87. The zero-order valence-corrected chi connectivity index (χ0v) is 7.08. The van der Waals surface area contributed by atoms with Crippen LogP contribution >= 0.6 is 0 Å². The van der Waals surface area contributed by atoms with Crippen LogP contribution in [0, 0.1) is 0 Å². The Balaban J connectivity index is 2.39. The maximum Gasteiger partial charge on any atom is 0.356 e. The molecule has 0 saturated heterocycles. The van der Waals surface area contributed by atoms with E-state index in [0.717, 1.165) is 17.7 Å². The fourth-order valence-electron chi connectivity index (χ4n) is 1.71. The standard InChI is InChI=1S/C8H11N3O2/c9-4-1-2-5-6(3-4)10-11-7(5)8(12)13/h4H,1-3,9H2,(H,10,11)(H,12,13). The lowest BCUT2D eigenvalue weighted by molar-refractivity contribution is 0.0689. The van der Waals surface area contributed by atoms with Crippen molar-refractivity contribution < 1.29 is 9.90 Å². The third-order valence-electron chi connectivity index (χ3n) is 2.39. The van der Waals surface area contributed by atoms with E-state index in [-0.39, 0.29) is 11.7 Å². The lowest BCUT2D eigenvalue weighted by Crippen LogP contribution is -2.28. The van der Waals surface area contributed by atoms with Crippen LogP contribution in [0.5, 0.6) is 0 Å². The summed E-state index contributed by atoms with van der Waals surface area (Å²) in [5, 5.41) is 15.3. The first kappa shape index (κ1) is 8.25. The quantitative estimate of drug-likeness (QED) is 0.565. The van der Waals surface area contributed by atoms with Gasteiger partial charge in [0.1, 0.15) is 0 Å². The van der Waals surface area contributed by atoms with Crippen LogP contribution in [0.25, 0.3) is 0 Å². The van der Waals surface area contributed by atoms with Crippen molar-refractivity contribution in [3.63, 3.8) is 0 Å². The van der Waals surface area contributed by atoms with Crippen LogP contribution in [0.3, 0.4) is 0 Å². The van der Waals surface area contributed by atoms with Crippen molar-refractivity contribution in [2.45, 2.75) is 25.3 Å². The normalized spacial score (nSPS) is 21.2. The molecule has 0 spiro atoms. The predicted molar refractivity (Wildman–Crippen MR) is 45.5 cm³/mol. The predicted octanol–water partition coefficient (Wildman–Crippen LogP) is -0.0761. The first-order valence-electron chi connectivity index (χ1n) is 4.23. The number of aromatic amines is 1. The molecule has 0 bridgehead atoms. The van der Waals surface area contributed by atoms with E-state index in [9.17, 15) is 4.79 Å². The molecule has 1 aromatic rings. The Labute approximate surface area is 74.9 Å². The second-order valence-electron chi connectivity index (χ2n) is 3.34. The third-order valence-corrected chi connectivity index (χ3v) is 2.39. The molecule has 1 unspecified atom stereocenters. The monoisotopic (exact) mass is 181 g/mol. The number of aromatic nitrogens is 2.